The van der Waals surface area contributed by atoms with E-state index in [-0.39, 0.29) is 0 Å². The van der Waals surface area contributed by atoms with E-state index in [1.807, 2.05) is 12.1 Å². The van der Waals surface area contributed by atoms with Crippen LogP contribution >= 0.6 is 0 Å². The molecule has 0 aliphatic rings. The van der Waals surface area contributed by atoms with Crippen LogP contribution in [-0.2, 0) is 0 Å². The van der Waals surface area contributed by atoms with Crippen LogP contribution in [0.15, 0.2) is 36.4 Å². The largest absolute Gasteiger partial charge is 0.489 e. The maximum Gasteiger partial charge on any atom is 0.119 e. The van der Waals surface area contributed by atoms with Gasteiger partial charge in [-0.1, -0.05) is 39.5 Å². The topological polar surface area (TPSA) is 21.3 Å². The van der Waals surface area contributed by atoms with Gasteiger partial charge in [0, 0.05) is 6.54 Å². The first kappa shape index (κ1) is 15.8. The number of hydrogen-bond donors (Lipinski definition) is 1. The Morgan fingerprint density at radius 3 is 2.53 bits per heavy atom. The van der Waals surface area contributed by atoms with Crippen molar-refractivity contribution >= 4 is 0 Å². The fourth-order valence-electron chi connectivity index (χ4n) is 1.81. The minimum absolute atomic E-state index is 0.583. The molecule has 0 fully saturated rings. The molecule has 0 aliphatic heterocycles. The molecular formula is C17H27NO. The maximum atomic E-state index is 5.73. The first-order valence-electron chi connectivity index (χ1n) is 7.27. The molecule has 106 valence electrons. The predicted octanol–water partition coefficient (Wildman–Crippen LogP) is 4.13. The predicted molar refractivity (Wildman–Crippen MR) is 82.9 cm³/mol. The third kappa shape index (κ3) is 5.93. The Labute approximate surface area is 117 Å². The molecule has 0 amide bonds. The van der Waals surface area contributed by atoms with Crippen LogP contribution in [0.1, 0.15) is 45.1 Å². The quantitative estimate of drug-likeness (QED) is 0.533. The van der Waals surface area contributed by atoms with Crippen molar-refractivity contribution in [3.05, 3.63) is 42.0 Å². The standard InChI is InChI=1S/C17H27NO/c1-5-11-18-12-14(3)13-19-17-9-7-16(8-10-17)15(4)6-2/h7-10,15,18H,3,5-6,11-13H2,1-2,4H3. The lowest BCUT2D eigenvalue weighted by Crippen LogP contribution is -2.20. The molecule has 19 heavy (non-hydrogen) atoms. The second-order valence-corrected chi connectivity index (χ2v) is 5.09. The highest BCUT2D eigenvalue weighted by Crippen LogP contribution is 2.21. The highest BCUT2D eigenvalue weighted by atomic mass is 16.5. The summed E-state index contributed by atoms with van der Waals surface area (Å²) in [6.45, 7) is 13.1. The van der Waals surface area contributed by atoms with E-state index in [1.54, 1.807) is 0 Å². The molecule has 2 heteroatoms. The molecule has 0 radical (unpaired) electrons. The van der Waals surface area contributed by atoms with E-state index in [9.17, 15) is 0 Å². The minimum Gasteiger partial charge on any atom is -0.489 e. The highest BCUT2D eigenvalue weighted by molar-refractivity contribution is 5.29. The molecule has 0 saturated carbocycles. The number of hydrogen-bond acceptors (Lipinski definition) is 2. The van der Waals surface area contributed by atoms with E-state index in [0.717, 1.165) is 30.8 Å². The molecule has 1 atom stereocenters. The highest BCUT2D eigenvalue weighted by Gasteiger charge is 2.03. The van der Waals surface area contributed by atoms with E-state index in [1.165, 1.54) is 12.0 Å². The normalized spacial score (nSPS) is 12.2. The fourth-order valence-corrected chi connectivity index (χ4v) is 1.81. The fraction of sp³-hybridized carbons (Fsp3) is 0.529. The van der Waals surface area contributed by atoms with Gasteiger partial charge in [-0.25, -0.2) is 0 Å². The summed E-state index contributed by atoms with van der Waals surface area (Å²) in [7, 11) is 0. The summed E-state index contributed by atoms with van der Waals surface area (Å²) in [6, 6.07) is 8.41. The van der Waals surface area contributed by atoms with E-state index >= 15 is 0 Å². The van der Waals surface area contributed by atoms with Gasteiger partial charge in [0.15, 0.2) is 0 Å². The SMILES string of the molecule is C=C(CNCCC)COc1ccc(C(C)CC)cc1. The second kappa shape index (κ2) is 8.76. The Hall–Kier alpha value is -1.28. The van der Waals surface area contributed by atoms with Gasteiger partial charge in [0.25, 0.3) is 0 Å². The second-order valence-electron chi connectivity index (χ2n) is 5.09. The Morgan fingerprint density at radius 1 is 1.26 bits per heavy atom. The number of ether oxygens (including phenoxy) is 1. The van der Waals surface area contributed by atoms with Crippen LogP contribution in [0.25, 0.3) is 0 Å². The summed E-state index contributed by atoms with van der Waals surface area (Å²) in [5.41, 5.74) is 2.46. The average molecular weight is 261 g/mol. The molecule has 0 bridgehead atoms. The van der Waals surface area contributed by atoms with Crippen molar-refractivity contribution in [3.63, 3.8) is 0 Å². The van der Waals surface area contributed by atoms with Gasteiger partial charge in [-0.15, -0.1) is 0 Å². The van der Waals surface area contributed by atoms with Gasteiger partial charge in [-0.05, 0) is 48.6 Å². The van der Waals surface area contributed by atoms with Crippen molar-refractivity contribution in [3.8, 4) is 5.75 Å². The monoisotopic (exact) mass is 261 g/mol. The Bertz CT molecular complexity index is 369. The molecule has 0 aliphatic carbocycles. The summed E-state index contributed by atoms with van der Waals surface area (Å²) in [6.07, 6.45) is 2.31. The van der Waals surface area contributed by atoms with Crippen LogP contribution in [0, 0.1) is 0 Å². The van der Waals surface area contributed by atoms with Crippen LogP contribution in [0.2, 0.25) is 0 Å². The lowest BCUT2D eigenvalue weighted by Gasteiger charge is -2.12. The van der Waals surface area contributed by atoms with E-state index in [0.29, 0.717) is 12.5 Å². The molecular weight excluding hydrogens is 234 g/mol. The molecule has 2 nitrogen and oxygen atoms in total. The molecule has 0 spiro atoms. The van der Waals surface area contributed by atoms with E-state index < -0.39 is 0 Å². The molecule has 0 saturated heterocycles. The van der Waals surface area contributed by atoms with Crippen molar-refractivity contribution in [1.82, 2.24) is 5.32 Å². The van der Waals surface area contributed by atoms with E-state index in [2.05, 4.69) is 44.8 Å². The zero-order valence-corrected chi connectivity index (χ0v) is 12.5. The number of benzene rings is 1. The Morgan fingerprint density at radius 2 is 1.95 bits per heavy atom. The van der Waals surface area contributed by atoms with Gasteiger partial charge in [0.05, 0.1) is 0 Å². The molecule has 1 aromatic rings. The van der Waals surface area contributed by atoms with Crippen LogP contribution in [0.4, 0.5) is 0 Å². The molecule has 1 N–H and O–H groups in total. The zero-order valence-electron chi connectivity index (χ0n) is 12.5. The smallest absolute Gasteiger partial charge is 0.119 e. The summed E-state index contributed by atoms with van der Waals surface area (Å²) in [5, 5.41) is 3.32. The van der Waals surface area contributed by atoms with Crippen LogP contribution < -0.4 is 10.1 Å². The van der Waals surface area contributed by atoms with Crippen LogP contribution in [-0.4, -0.2) is 19.7 Å². The van der Waals surface area contributed by atoms with Crippen molar-refractivity contribution < 1.29 is 4.74 Å². The summed E-state index contributed by atoms with van der Waals surface area (Å²) in [5.74, 6) is 1.53. The molecule has 1 rings (SSSR count). The third-order valence-electron chi connectivity index (χ3n) is 3.31. The maximum absolute atomic E-state index is 5.73. The molecule has 1 aromatic carbocycles. The Kier molecular flexibility index (Phi) is 7.27. The van der Waals surface area contributed by atoms with Gasteiger partial charge in [-0.3, -0.25) is 0 Å². The number of nitrogens with one attached hydrogen (secondary N) is 1. The van der Waals surface area contributed by atoms with Crippen molar-refractivity contribution in [2.75, 3.05) is 19.7 Å². The van der Waals surface area contributed by atoms with Gasteiger partial charge < -0.3 is 10.1 Å². The molecule has 0 aromatic heterocycles. The third-order valence-corrected chi connectivity index (χ3v) is 3.31. The Balaban J connectivity index is 2.35. The lowest BCUT2D eigenvalue weighted by molar-refractivity contribution is 0.348. The molecule has 0 heterocycles. The van der Waals surface area contributed by atoms with Crippen molar-refractivity contribution in [2.45, 2.75) is 39.5 Å². The lowest BCUT2D eigenvalue weighted by atomic mass is 9.99. The van der Waals surface area contributed by atoms with Crippen molar-refractivity contribution in [1.29, 1.82) is 0 Å². The van der Waals surface area contributed by atoms with Crippen LogP contribution in [0.3, 0.4) is 0 Å². The molecule has 1 unspecified atom stereocenters. The first-order chi connectivity index (χ1) is 9.17. The average Bonchev–Trinajstić information content (AvgIpc) is 2.45. The van der Waals surface area contributed by atoms with Gasteiger partial charge >= 0.3 is 0 Å². The number of rotatable bonds is 9. The minimum atomic E-state index is 0.583. The zero-order chi connectivity index (χ0) is 14.1. The van der Waals surface area contributed by atoms with Gasteiger partial charge in [0.1, 0.15) is 12.4 Å². The van der Waals surface area contributed by atoms with Crippen molar-refractivity contribution in [2.24, 2.45) is 0 Å². The summed E-state index contributed by atoms with van der Waals surface area (Å²) >= 11 is 0. The van der Waals surface area contributed by atoms with Crippen LogP contribution in [0.5, 0.6) is 5.75 Å². The first-order valence-corrected chi connectivity index (χ1v) is 7.27. The van der Waals surface area contributed by atoms with Gasteiger partial charge in [0.2, 0.25) is 0 Å². The summed E-state index contributed by atoms with van der Waals surface area (Å²) in [4.78, 5) is 0. The van der Waals surface area contributed by atoms with Gasteiger partial charge in [-0.2, -0.15) is 0 Å². The van der Waals surface area contributed by atoms with E-state index in [4.69, 9.17) is 4.74 Å². The summed E-state index contributed by atoms with van der Waals surface area (Å²) < 4.78 is 5.73.